The Morgan fingerprint density at radius 3 is 2.61 bits per heavy atom. The average molecular weight is 243 g/mol. The summed E-state index contributed by atoms with van der Waals surface area (Å²) in [6, 6.07) is 6.32. The fraction of sp³-hybridized carbons (Fsp3) is 0.267. The maximum Gasteiger partial charge on any atom is 0.165 e. The van der Waals surface area contributed by atoms with Crippen LogP contribution in [0, 0.1) is 5.82 Å². The number of hydrogen-bond donors (Lipinski definition) is 0. The number of carbonyl (C=O) groups excluding carboxylic acids is 1. The number of halogens is 1. The Bertz CT molecular complexity index is 610. The van der Waals surface area contributed by atoms with Gasteiger partial charge in [-0.1, -0.05) is 12.1 Å². The number of carbonyl (C=O) groups is 1. The number of aromatic nitrogens is 1. The van der Waals surface area contributed by atoms with E-state index in [-0.39, 0.29) is 11.6 Å². The summed E-state index contributed by atoms with van der Waals surface area (Å²) in [6.07, 6.45) is 4.46. The van der Waals surface area contributed by atoms with Crippen LogP contribution in [0.25, 0.3) is 11.1 Å². The number of benzene rings is 1. The number of aryl methyl sites for hydroxylation is 1. The minimum Gasteiger partial charge on any atom is -0.353 e. The van der Waals surface area contributed by atoms with Crippen molar-refractivity contribution in [3.05, 3.63) is 47.5 Å². The maximum absolute atomic E-state index is 13.0. The third-order valence-electron chi connectivity index (χ3n) is 3.56. The van der Waals surface area contributed by atoms with E-state index in [1.54, 1.807) is 12.1 Å². The summed E-state index contributed by atoms with van der Waals surface area (Å²) < 4.78 is 15.0. The third kappa shape index (κ3) is 1.67. The summed E-state index contributed by atoms with van der Waals surface area (Å²) in [5, 5.41) is 0. The first-order valence-electron chi connectivity index (χ1n) is 6.14. The van der Waals surface area contributed by atoms with E-state index in [0.717, 1.165) is 35.2 Å². The van der Waals surface area contributed by atoms with Gasteiger partial charge in [-0.15, -0.1) is 0 Å². The number of rotatable bonds is 1. The zero-order valence-electron chi connectivity index (χ0n) is 10.2. The molecule has 18 heavy (non-hydrogen) atoms. The van der Waals surface area contributed by atoms with Gasteiger partial charge < -0.3 is 4.57 Å². The zero-order valence-corrected chi connectivity index (χ0v) is 10.2. The fourth-order valence-electron chi connectivity index (χ4n) is 2.67. The molecule has 0 saturated carbocycles. The predicted octanol–water partition coefficient (Wildman–Crippen LogP) is 3.35. The van der Waals surface area contributed by atoms with Crippen LogP contribution in [0.3, 0.4) is 0 Å². The largest absolute Gasteiger partial charge is 0.353 e. The van der Waals surface area contributed by atoms with Crippen molar-refractivity contribution in [3.8, 4) is 11.1 Å². The smallest absolute Gasteiger partial charge is 0.165 e. The number of nitrogens with zero attached hydrogens (tertiary/aromatic N) is 1. The molecule has 0 radical (unpaired) electrons. The van der Waals surface area contributed by atoms with E-state index in [9.17, 15) is 9.18 Å². The first kappa shape index (κ1) is 11.2. The van der Waals surface area contributed by atoms with Gasteiger partial charge in [0.05, 0.1) is 0 Å². The molecule has 1 aliphatic carbocycles. The Kier molecular flexibility index (Phi) is 2.54. The van der Waals surface area contributed by atoms with Crippen molar-refractivity contribution >= 4 is 5.78 Å². The quantitative estimate of drug-likeness (QED) is 0.752. The molecule has 0 bridgehead atoms. The molecule has 0 fully saturated rings. The normalized spacial score (nSPS) is 14.7. The number of Topliss-reactive ketones (excluding diaryl/α,β-unsaturated/α-hetero) is 1. The van der Waals surface area contributed by atoms with Gasteiger partial charge in [0.25, 0.3) is 0 Å². The van der Waals surface area contributed by atoms with Gasteiger partial charge >= 0.3 is 0 Å². The van der Waals surface area contributed by atoms with Crippen LogP contribution in [-0.4, -0.2) is 10.4 Å². The van der Waals surface area contributed by atoms with Gasteiger partial charge in [-0.05, 0) is 30.5 Å². The van der Waals surface area contributed by atoms with Crippen LogP contribution in [0.1, 0.15) is 28.9 Å². The van der Waals surface area contributed by atoms with Crippen LogP contribution in [-0.2, 0) is 13.5 Å². The predicted molar refractivity (Wildman–Crippen MR) is 68.1 cm³/mol. The molecular formula is C15H14FNO. The molecule has 1 aromatic carbocycles. The first-order valence-corrected chi connectivity index (χ1v) is 6.14. The Morgan fingerprint density at radius 1 is 1.17 bits per heavy atom. The average Bonchev–Trinajstić information content (AvgIpc) is 2.70. The van der Waals surface area contributed by atoms with Crippen molar-refractivity contribution in [1.29, 1.82) is 0 Å². The van der Waals surface area contributed by atoms with Crippen molar-refractivity contribution in [2.24, 2.45) is 7.05 Å². The SMILES string of the molecule is Cn1cc(-c2ccc(F)cc2)c2c1CCCC2=O. The van der Waals surface area contributed by atoms with E-state index >= 15 is 0 Å². The lowest BCUT2D eigenvalue weighted by Crippen LogP contribution is -2.12. The monoisotopic (exact) mass is 243 g/mol. The van der Waals surface area contributed by atoms with Crippen LogP contribution in [0.5, 0.6) is 0 Å². The van der Waals surface area contributed by atoms with E-state index in [2.05, 4.69) is 0 Å². The summed E-state index contributed by atoms with van der Waals surface area (Å²) in [7, 11) is 1.96. The van der Waals surface area contributed by atoms with Gasteiger partial charge in [-0.3, -0.25) is 4.79 Å². The van der Waals surface area contributed by atoms with Crippen molar-refractivity contribution in [2.75, 3.05) is 0 Å². The van der Waals surface area contributed by atoms with E-state index in [1.807, 2.05) is 17.8 Å². The van der Waals surface area contributed by atoms with Crippen molar-refractivity contribution < 1.29 is 9.18 Å². The highest BCUT2D eigenvalue weighted by Crippen LogP contribution is 2.32. The molecular weight excluding hydrogens is 229 g/mol. The van der Waals surface area contributed by atoms with Crippen LogP contribution in [0.15, 0.2) is 30.5 Å². The van der Waals surface area contributed by atoms with Crippen LogP contribution in [0.2, 0.25) is 0 Å². The van der Waals surface area contributed by atoms with Gasteiger partial charge in [-0.2, -0.15) is 0 Å². The lowest BCUT2D eigenvalue weighted by Gasteiger charge is -2.13. The lowest BCUT2D eigenvalue weighted by molar-refractivity contribution is 0.0972. The van der Waals surface area contributed by atoms with Crippen molar-refractivity contribution in [3.63, 3.8) is 0 Å². The van der Waals surface area contributed by atoms with Gasteiger partial charge in [-0.25, -0.2) is 4.39 Å². The van der Waals surface area contributed by atoms with Crippen molar-refractivity contribution in [1.82, 2.24) is 4.57 Å². The van der Waals surface area contributed by atoms with E-state index in [4.69, 9.17) is 0 Å². The molecule has 0 saturated heterocycles. The summed E-state index contributed by atoms with van der Waals surface area (Å²) in [6.45, 7) is 0. The number of ketones is 1. The fourth-order valence-corrected chi connectivity index (χ4v) is 2.67. The molecule has 3 heteroatoms. The topological polar surface area (TPSA) is 22.0 Å². The minimum atomic E-state index is -0.255. The highest BCUT2D eigenvalue weighted by atomic mass is 19.1. The van der Waals surface area contributed by atoms with E-state index < -0.39 is 0 Å². The standard InChI is InChI=1S/C15H14FNO/c1-17-9-12(10-5-7-11(16)8-6-10)15-13(17)3-2-4-14(15)18/h5-9H,2-4H2,1H3. The molecule has 2 nitrogen and oxygen atoms in total. The van der Waals surface area contributed by atoms with E-state index in [0.29, 0.717) is 6.42 Å². The number of fused-ring (bicyclic) bond motifs is 1. The summed E-state index contributed by atoms with van der Waals surface area (Å²) in [4.78, 5) is 12.1. The Morgan fingerprint density at radius 2 is 1.89 bits per heavy atom. The molecule has 1 heterocycles. The van der Waals surface area contributed by atoms with Crippen molar-refractivity contribution in [2.45, 2.75) is 19.3 Å². The third-order valence-corrected chi connectivity index (χ3v) is 3.56. The maximum atomic E-state index is 13.0. The van der Waals surface area contributed by atoms with Crippen LogP contribution in [0.4, 0.5) is 4.39 Å². The van der Waals surface area contributed by atoms with Gasteiger partial charge in [0, 0.05) is 36.5 Å². The lowest BCUT2D eigenvalue weighted by atomic mass is 9.91. The zero-order chi connectivity index (χ0) is 12.7. The molecule has 0 unspecified atom stereocenters. The minimum absolute atomic E-state index is 0.205. The second-order valence-electron chi connectivity index (χ2n) is 4.76. The second kappa shape index (κ2) is 4.09. The summed E-state index contributed by atoms with van der Waals surface area (Å²) >= 11 is 0. The molecule has 0 spiro atoms. The molecule has 0 atom stereocenters. The van der Waals surface area contributed by atoms with Gasteiger partial charge in [0.1, 0.15) is 5.82 Å². The number of hydrogen-bond acceptors (Lipinski definition) is 1. The second-order valence-corrected chi connectivity index (χ2v) is 4.76. The van der Waals surface area contributed by atoms with Gasteiger partial charge in [0.15, 0.2) is 5.78 Å². The van der Waals surface area contributed by atoms with Crippen LogP contribution >= 0.6 is 0 Å². The molecule has 0 amide bonds. The molecule has 1 aliphatic rings. The molecule has 0 N–H and O–H groups in total. The molecule has 1 aromatic heterocycles. The highest BCUT2D eigenvalue weighted by molar-refractivity contribution is 6.04. The van der Waals surface area contributed by atoms with Crippen LogP contribution < -0.4 is 0 Å². The Hall–Kier alpha value is -1.90. The summed E-state index contributed by atoms with van der Waals surface area (Å²) in [5.41, 5.74) is 3.77. The van der Waals surface area contributed by atoms with Gasteiger partial charge in [0.2, 0.25) is 0 Å². The molecule has 3 rings (SSSR count). The highest BCUT2D eigenvalue weighted by Gasteiger charge is 2.24. The molecule has 2 aromatic rings. The first-order chi connectivity index (χ1) is 8.66. The summed E-state index contributed by atoms with van der Waals surface area (Å²) in [5.74, 6) is -0.0500. The molecule has 92 valence electrons. The van der Waals surface area contributed by atoms with E-state index in [1.165, 1.54) is 12.1 Å². The molecule has 0 aliphatic heterocycles. The Labute approximate surface area is 105 Å². The Balaban J connectivity index is 2.18.